The van der Waals surface area contributed by atoms with Crippen LogP contribution in [0.3, 0.4) is 0 Å². The van der Waals surface area contributed by atoms with Gasteiger partial charge in [0.1, 0.15) is 18.2 Å². The van der Waals surface area contributed by atoms with Crippen molar-refractivity contribution in [3.05, 3.63) is 71.0 Å². The maximum atomic E-state index is 13.1. The summed E-state index contributed by atoms with van der Waals surface area (Å²) in [6.07, 6.45) is 2.61. The Labute approximate surface area is 122 Å². The SMILES string of the molecule is Cc1cc(OCc2ccc(/C=C/C(=O)O)cc2)ccc1F. The van der Waals surface area contributed by atoms with Crippen LogP contribution in [0.25, 0.3) is 6.08 Å². The second kappa shape index (κ2) is 6.70. The fourth-order valence-corrected chi connectivity index (χ4v) is 1.77. The topological polar surface area (TPSA) is 46.5 Å². The molecule has 0 amide bonds. The van der Waals surface area contributed by atoms with E-state index in [4.69, 9.17) is 9.84 Å². The van der Waals surface area contributed by atoms with Crippen molar-refractivity contribution in [2.24, 2.45) is 0 Å². The fraction of sp³-hybridized carbons (Fsp3) is 0.118. The highest BCUT2D eigenvalue weighted by molar-refractivity contribution is 5.85. The van der Waals surface area contributed by atoms with Crippen LogP contribution >= 0.6 is 0 Å². The van der Waals surface area contributed by atoms with Crippen molar-refractivity contribution in [2.75, 3.05) is 0 Å². The molecule has 0 unspecified atom stereocenters. The molecule has 2 rings (SSSR count). The molecule has 0 radical (unpaired) electrons. The molecule has 21 heavy (non-hydrogen) atoms. The molecule has 0 atom stereocenters. The van der Waals surface area contributed by atoms with E-state index in [2.05, 4.69) is 0 Å². The lowest BCUT2D eigenvalue weighted by atomic mass is 10.1. The van der Waals surface area contributed by atoms with Crippen LogP contribution in [0.15, 0.2) is 48.5 Å². The number of carbonyl (C=O) groups is 1. The highest BCUT2D eigenvalue weighted by atomic mass is 19.1. The Kier molecular flexibility index (Phi) is 4.72. The van der Waals surface area contributed by atoms with Gasteiger partial charge < -0.3 is 9.84 Å². The van der Waals surface area contributed by atoms with Crippen LogP contribution in [0.2, 0.25) is 0 Å². The normalized spacial score (nSPS) is 10.8. The van der Waals surface area contributed by atoms with Crippen molar-refractivity contribution in [1.29, 1.82) is 0 Å². The molecular formula is C17H15FO3. The van der Waals surface area contributed by atoms with Gasteiger partial charge in [-0.1, -0.05) is 24.3 Å². The van der Waals surface area contributed by atoms with Gasteiger partial charge in [-0.3, -0.25) is 0 Å². The number of hydrogen-bond donors (Lipinski definition) is 1. The zero-order valence-corrected chi connectivity index (χ0v) is 11.5. The van der Waals surface area contributed by atoms with E-state index in [0.29, 0.717) is 17.9 Å². The molecule has 4 heteroatoms. The summed E-state index contributed by atoms with van der Waals surface area (Å²) in [6.45, 7) is 2.06. The lowest BCUT2D eigenvalue weighted by molar-refractivity contribution is -0.131. The molecular weight excluding hydrogens is 271 g/mol. The van der Waals surface area contributed by atoms with E-state index >= 15 is 0 Å². The fourth-order valence-electron chi connectivity index (χ4n) is 1.77. The minimum atomic E-state index is -0.978. The van der Waals surface area contributed by atoms with Crippen molar-refractivity contribution in [3.63, 3.8) is 0 Å². The van der Waals surface area contributed by atoms with Crippen LogP contribution in [0.1, 0.15) is 16.7 Å². The molecule has 0 bridgehead atoms. The Bertz CT molecular complexity index is 660. The number of carboxylic acid groups (broad SMARTS) is 1. The molecule has 0 aliphatic rings. The zero-order chi connectivity index (χ0) is 15.2. The monoisotopic (exact) mass is 286 g/mol. The van der Waals surface area contributed by atoms with E-state index in [9.17, 15) is 9.18 Å². The zero-order valence-electron chi connectivity index (χ0n) is 11.5. The smallest absolute Gasteiger partial charge is 0.328 e. The number of ether oxygens (including phenoxy) is 1. The number of benzene rings is 2. The van der Waals surface area contributed by atoms with Gasteiger partial charge >= 0.3 is 5.97 Å². The predicted molar refractivity (Wildman–Crippen MR) is 78.6 cm³/mol. The third-order valence-corrected chi connectivity index (χ3v) is 2.93. The number of rotatable bonds is 5. The van der Waals surface area contributed by atoms with Gasteiger partial charge in [0.25, 0.3) is 0 Å². The summed E-state index contributed by atoms with van der Waals surface area (Å²) in [5.41, 5.74) is 2.30. The molecule has 0 spiro atoms. The van der Waals surface area contributed by atoms with E-state index in [1.54, 1.807) is 19.1 Å². The van der Waals surface area contributed by atoms with Crippen molar-refractivity contribution < 1.29 is 19.0 Å². The molecule has 108 valence electrons. The molecule has 2 aromatic rings. The standard InChI is InChI=1S/C17H15FO3/c1-12-10-15(7-8-16(12)18)21-11-14-4-2-13(3-5-14)6-9-17(19)20/h2-10H,11H2,1H3,(H,19,20)/b9-6+. The molecule has 3 nitrogen and oxygen atoms in total. The van der Waals surface area contributed by atoms with E-state index in [0.717, 1.165) is 17.2 Å². The molecule has 2 aromatic carbocycles. The van der Waals surface area contributed by atoms with Gasteiger partial charge in [-0.2, -0.15) is 0 Å². The van der Waals surface area contributed by atoms with Crippen LogP contribution in [-0.4, -0.2) is 11.1 Å². The Morgan fingerprint density at radius 2 is 1.95 bits per heavy atom. The summed E-state index contributed by atoms with van der Waals surface area (Å²) in [6, 6.07) is 12.0. The number of halogens is 1. The summed E-state index contributed by atoms with van der Waals surface area (Å²) in [4.78, 5) is 10.4. The Morgan fingerprint density at radius 1 is 1.24 bits per heavy atom. The van der Waals surface area contributed by atoms with Crippen molar-refractivity contribution >= 4 is 12.0 Å². The first-order chi connectivity index (χ1) is 10.0. The number of aliphatic carboxylic acids is 1. The van der Waals surface area contributed by atoms with Crippen molar-refractivity contribution in [2.45, 2.75) is 13.5 Å². The van der Waals surface area contributed by atoms with Crippen molar-refractivity contribution in [3.8, 4) is 5.75 Å². The van der Waals surface area contributed by atoms with Gasteiger partial charge in [-0.15, -0.1) is 0 Å². The predicted octanol–water partition coefficient (Wildman–Crippen LogP) is 3.81. The van der Waals surface area contributed by atoms with Gasteiger partial charge in [0.05, 0.1) is 0 Å². The Morgan fingerprint density at radius 3 is 2.57 bits per heavy atom. The summed E-state index contributed by atoms with van der Waals surface area (Å²) in [5, 5.41) is 8.55. The van der Waals surface area contributed by atoms with Crippen LogP contribution in [0.4, 0.5) is 4.39 Å². The first kappa shape index (κ1) is 14.8. The van der Waals surface area contributed by atoms with Gasteiger partial charge in [-0.25, -0.2) is 9.18 Å². The highest BCUT2D eigenvalue weighted by Crippen LogP contribution is 2.17. The van der Waals surface area contributed by atoms with Crippen LogP contribution in [0.5, 0.6) is 5.75 Å². The van der Waals surface area contributed by atoms with E-state index in [1.165, 1.54) is 12.1 Å². The largest absolute Gasteiger partial charge is 0.489 e. The second-order valence-corrected chi connectivity index (χ2v) is 4.61. The third-order valence-electron chi connectivity index (χ3n) is 2.93. The molecule has 0 saturated heterocycles. The van der Waals surface area contributed by atoms with E-state index < -0.39 is 5.97 Å². The van der Waals surface area contributed by atoms with Crippen molar-refractivity contribution in [1.82, 2.24) is 0 Å². The lowest BCUT2D eigenvalue weighted by Gasteiger charge is -2.07. The van der Waals surface area contributed by atoms with Gasteiger partial charge in [0.2, 0.25) is 0 Å². The molecule has 1 N–H and O–H groups in total. The van der Waals surface area contributed by atoms with Crippen LogP contribution in [0, 0.1) is 12.7 Å². The number of carboxylic acids is 1. The molecule has 0 heterocycles. The molecule has 0 aliphatic carbocycles. The highest BCUT2D eigenvalue weighted by Gasteiger charge is 2.00. The molecule has 0 aromatic heterocycles. The van der Waals surface area contributed by atoms with Crippen LogP contribution < -0.4 is 4.74 Å². The number of aryl methyl sites for hydroxylation is 1. The average Bonchev–Trinajstić information content (AvgIpc) is 2.47. The molecule has 0 aliphatic heterocycles. The first-order valence-electron chi connectivity index (χ1n) is 6.43. The van der Waals surface area contributed by atoms with Crippen LogP contribution in [-0.2, 0) is 11.4 Å². The Balaban J connectivity index is 1.97. The van der Waals surface area contributed by atoms with E-state index in [1.807, 2.05) is 24.3 Å². The molecule has 0 fully saturated rings. The average molecular weight is 286 g/mol. The van der Waals surface area contributed by atoms with Gasteiger partial charge in [0, 0.05) is 6.08 Å². The first-order valence-corrected chi connectivity index (χ1v) is 6.43. The molecule has 0 saturated carbocycles. The summed E-state index contributed by atoms with van der Waals surface area (Å²) in [7, 11) is 0. The number of hydrogen-bond acceptors (Lipinski definition) is 2. The summed E-state index contributed by atoms with van der Waals surface area (Å²) >= 11 is 0. The minimum absolute atomic E-state index is 0.253. The maximum absolute atomic E-state index is 13.1. The lowest BCUT2D eigenvalue weighted by Crippen LogP contribution is -1.96. The summed E-state index contributed by atoms with van der Waals surface area (Å²) < 4.78 is 18.7. The second-order valence-electron chi connectivity index (χ2n) is 4.61. The van der Waals surface area contributed by atoms with E-state index in [-0.39, 0.29) is 5.82 Å². The van der Waals surface area contributed by atoms with Gasteiger partial charge in [0.15, 0.2) is 0 Å². The summed E-state index contributed by atoms with van der Waals surface area (Å²) in [5.74, 6) is -0.616. The minimum Gasteiger partial charge on any atom is -0.489 e. The third kappa shape index (κ3) is 4.45. The maximum Gasteiger partial charge on any atom is 0.328 e. The quantitative estimate of drug-likeness (QED) is 0.850. The Hall–Kier alpha value is -2.62. The van der Waals surface area contributed by atoms with Gasteiger partial charge in [-0.05, 0) is 47.9 Å².